The molecule has 1 aromatic heterocycles. The summed E-state index contributed by atoms with van der Waals surface area (Å²) in [5.74, 6) is 0. The van der Waals surface area contributed by atoms with Crippen molar-refractivity contribution in [2.45, 2.75) is 13.3 Å². The number of aromatic nitrogens is 1. The summed E-state index contributed by atoms with van der Waals surface area (Å²) in [6.07, 6.45) is 3.86. The zero-order valence-corrected chi connectivity index (χ0v) is 8.24. The summed E-state index contributed by atoms with van der Waals surface area (Å²) in [6, 6.07) is 0. The molecular weight excluding hydrogens is 221 g/mol. The van der Waals surface area contributed by atoms with Crippen LogP contribution in [-0.2, 0) is 6.42 Å². The molecule has 0 aliphatic carbocycles. The molecule has 0 fully saturated rings. The minimum absolute atomic E-state index is 0.465. The maximum Gasteiger partial charge on any atom is 0.490 e. The van der Waals surface area contributed by atoms with E-state index in [2.05, 4.69) is 20.9 Å². The summed E-state index contributed by atoms with van der Waals surface area (Å²) in [6.45, 7) is 1.95. The van der Waals surface area contributed by atoms with E-state index in [0.29, 0.717) is 5.46 Å². The van der Waals surface area contributed by atoms with Gasteiger partial charge < -0.3 is 10.0 Å². The predicted molar refractivity (Wildman–Crippen MR) is 51.1 cm³/mol. The third-order valence-electron chi connectivity index (χ3n) is 1.67. The van der Waals surface area contributed by atoms with Crippen LogP contribution in [0.5, 0.6) is 0 Å². The molecule has 3 nitrogen and oxygen atoms in total. The molecule has 1 aromatic rings. The Morgan fingerprint density at radius 3 is 2.58 bits per heavy atom. The van der Waals surface area contributed by atoms with Crippen LogP contribution in [0.15, 0.2) is 16.9 Å². The summed E-state index contributed by atoms with van der Waals surface area (Å²) >= 11 is 3.29. The maximum atomic E-state index is 8.95. The fraction of sp³-hybridized carbons (Fsp3) is 0.286. The lowest BCUT2D eigenvalue weighted by Crippen LogP contribution is -2.33. The Morgan fingerprint density at radius 1 is 1.50 bits per heavy atom. The first-order valence-corrected chi connectivity index (χ1v) is 4.44. The van der Waals surface area contributed by atoms with E-state index < -0.39 is 7.12 Å². The smallest absolute Gasteiger partial charge is 0.423 e. The average molecular weight is 230 g/mol. The first kappa shape index (κ1) is 9.70. The van der Waals surface area contributed by atoms with Gasteiger partial charge in [0, 0.05) is 22.3 Å². The van der Waals surface area contributed by atoms with E-state index in [9.17, 15) is 0 Å². The Kier molecular flexibility index (Phi) is 3.25. The first-order valence-electron chi connectivity index (χ1n) is 3.65. The molecule has 0 aromatic carbocycles. The van der Waals surface area contributed by atoms with Gasteiger partial charge in [-0.25, -0.2) is 0 Å². The SMILES string of the molecule is CCc1c(Br)cncc1B(O)O. The van der Waals surface area contributed by atoms with Gasteiger partial charge in [-0.2, -0.15) is 0 Å². The minimum atomic E-state index is -1.44. The fourth-order valence-electron chi connectivity index (χ4n) is 1.07. The molecule has 1 rings (SSSR count). The van der Waals surface area contributed by atoms with Gasteiger partial charge >= 0.3 is 7.12 Å². The normalized spacial score (nSPS) is 10.0. The van der Waals surface area contributed by atoms with Gasteiger partial charge in [0.1, 0.15) is 0 Å². The Bertz CT molecular complexity index is 280. The maximum absolute atomic E-state index is 8.95. The van der Waals surface area contributed by atoms with E-state index in [1.807, 2.05) is 6.92 Å². The van der Waals surface area contributed by atoms with Crippen molar-refractivity contribution >= 4 is 28.5 Å². The molecule has 0 spiro atoms. The second kappa shape index (κ2) is 4.02. The molecule has 0 radical (unpaired) electrons. The van der Waals surface area contributed by atoms with E-state index in [-0.39, 0.29) is 0 Å². The van der Waals surface area contributed by atoms with Crippen LogP contribution >= 0.6 is 15.9 Å². The lowest BCUT2D eigenvalue weighted by atomic mass is 9.78. The molecule has 2 N–H and O–H groups in total. The highest BCUT2D eigenvalue weighted by Crippen LogP contribution is 2.13. The molecule has 0 saturated heterocycles. The van der Waals surface area contributed by atoms with Crippen LogP contribution in [-0.4, -0.2) is 22.2 Å². The van der Waals surface area contributed by atoms with Crippen molar-refractivity contribution in [1.29, 1.82) is 0 Å². The molecule has 0 aliphatic rings. The highest BCUT2D eigenvalue weighted by Gasteiger charge is 2.16. The van der Waals surface area contributed by atoms with Gasteiger partial charge in [0.2, 0.25) is 0 Å². The van der Waals surface area contributed by atoms with E-state index in [1.54, 1.807) is 6.20 Å². The van der Waals surface area contributed by atoms with Gasteiger partial charge in [-0.1, -0.05) is 6.92 Å². The molecule has 0 aliphatic heterocycles. The standard InChI is InChI=1S/C7H9BBrNO2/c1-2-5-6(8(11)12)3-10-4-7(5)9/h3-4,11-12H,2H2,1H3. The van der Waals surface area contributed by atoms with Crippen LogP contribution < -0.4 is 5.46 Å². The number of nitrogens with zero attached hydrogens (tertiary/aromatic N) is 1. The molecule has 0 amide bonds. The Hall–Kier alpha value is -0.385. The van der Waals surface area contributed by atoms with Gasteiger partial charge in [0.25, 0.3) is 0 Å². The zero-order chi connectivity index (χ0) is 9.14. The second-order valence-corrected chi connectivity index (χ2v) is 3.27. The molecule has 0 bridgehead atoms. The van der Waals surface area contributed by atoms with Gasteiger partial charge in [-0.3, -0.25) is 4.98 Å². The lowest BCUT2D eigenvalue weighted by molar-refractivity contribution is 0.425. The van der Waals surface area contributed by atoms with E-state index in [1.165, 1.54) is 6.20 Å². The first-order chi connectivity index (χ1) is 5.66. The fourth-order valence-corrected chi connectivity index (χ4v) is 1.70. The van der Waals surface area contributed by atoms with E-state index in [0.717, 1.165) is 16.5 Å². The van der Waals surface area contributed by atoms with Crippen LogP contribution in [0.3, 0.4) is 0 Å². The molecule has 0 unspecified atom stereocenters. The Morgan fingerprint density at radius 2 is 2.17 bits per heavy atom. The molecule has 0 saturated carbocycles. The monoisotopic (exact) mass is 229 g/mol. The molecule has 1 heterocycles. The second-order valence-electron chi connectivity index (χ2n) is 2.42. The summed E-state index contributed by atoms with van der Waals surface area (Å²) in [5.41, 5.74) is 1.35. The summed E-state index contributed by atoms with van der Waals surface area (Å²) in [7, 11) is -1.44. The third kappa shape index (κ3) is 1.85. The molecule has 5 heteroatoms. The van der Waals surface area contributed by atoms with Gasteiger partial charge in [0.15, 0.2) is 0 Å². The average Bonchev–Trinajstić information content (AvgIpc) is 2.03. The van der Waals surface area contributed by atoms with Crippen molar-refractivity contribution < 1.29 is 10.0 Å². The highest BCUT2D eigenvalue weighted by atomic mass is 79.9. The van der Waals surface area contributed by atoms with Gasteiger partial charge in [-0.05, 0) is 27.9 Å². The van der Waals surface area contributed by atoms with Crippen molar-refractivity contribution in [2.24, 2.45) is 0 Å². The quantitative estimate of drug-likeness (QED) is 0.707. The molecular formula is C7H9BBrNO2. The topological polar surface area (TPSA) is 53.4 Å². The number of pyridine rings is 1. The number of hydrogen-bond donors (Lipinski definition) is 2. The summed E-state index contributed by atoms with van der Waals surface area (Å²) < 4.78 is 0.815. The highest BCUT2D eigenvalue weighted by molar-refractivity contribution is 9.10. The van der Waals surface area contributed by atoms with Crippen LogP contribution in [0, 0.1) is 0 Å². The molecule has 0 atom stereocenters. The summed E-state index contributed by atoms with van der Waals surface area (Å²) in [4.78, 5) is 3.85. The van der Waals surface area contributed by atoms with E-state index in [4.69, 9.17) is 10.0 Å². The van der Waals surface area contributed by atoms with Crippen molar-refractivity contribution in [3.05, 3.63) is 22.4 Å². The summed E-state index contributed by atoms with van der Waals surface area (Å²) in [5, 5.41) is 17.9. The largest absolute Gasteiger partial charge is 0.490 e. The number of rotatable bonds is 2. The minimum Gasteiger partial charge on any atom is -0.423 e. The van der Waals surface area contributed by atoms with Crippen molar-refractivity contribution in [3.63, 3.8) is 0 Å². The lowest BCUT2D eigenvalue weighted by Gasteiger charge is -2.07. The number of halogens is 1. The third-order valence-corrected chi connectivity index (χ3v) is 2.35. The van der Waals surface area contributed by atoms with Crippen LogP contribution in [0.2, 0.25) is 0 Å². The van der Waals surface area contributed by atoms with Crippen LogP contribution in [0.4, 0.5) is 0 Å². The predicted octanol–water partition coefficient (Wildman–Crippen LogP) is 0.0863. The Balaban J connectivity index is 3.18. The number of hydrogen-bond acceptors (Lipinski definition) is 3. The molecule has 12 heavy (non-hydrogen) atoms. The van der Waals surface area contributed by atoms with Crippen LogP contribution in [0.1, 0.15) is 12.5 Å². The van der Waals surface area contributed by atoms with Crippen molar-refractivity contribution in [2.75, 3.05) is 0 Å². The Labute approximate surface area is 79.7 Å². The van der Waals surface area contributed by atoms with Crippen molar-refractivity contribution in [3.8, 4) is 0 Å². The van der Waals surface area contributed by atoms with Crippen molar-refractivity contribution in [1.82, 2.24) is 4.98 Å². The molecule has 64 valence electrons. The van der Waals surface area contributed by atoms with Gasteiger partial charge in [0.05, 0.1) is 0 Å². The van der Waals surface area contributed by atoms with Gasteiger partial charge in [-0.15, -0.1) is 0 Å². The zero-order valence-electron chi connectivity index (χ0n) is 6.66. The van der Waals surface area contributed by atoms with Crippen LogP contribution in [0.25, 0.3) is 0 Å². The van der Waals surface area contributed by atoms with E-state index >= 15 is 0 Å².